The third-order valence-electron chi connectivity index (χ3n) is 6.93. The van der Waals surface area contributed by atoms with Crippen molar-refractivity contribution in [1.82, 2.24) is 34.9 Å². The summed E-state index contributed by atoms with van der Waals surface area (Å²) in [5.41, 5.74) is 10.4. The summed E-state index contributed by atoms with van der Waals surface area (Å²) in [5.74, 6) is 2.28. The first kappa shape index (κ1) is 19.0. The number of H-pyrrole nitrogens is 1. The van der Waals surface area contributed by atoms with Gasteiger partial charge in [-0.2, -0.15) is 15.4 Å². The number of fused-ring (bicyclic) bond motifs is 1. The van der Waals surface area contributed by atoms with Gasteiger partial charge >= 0.3 is 0 Å². The molecule has 1 aromatic carbocycles. The number of hydrogen-bond donors (Lipinski definition) is 2. The second kappa shape index (κ2) is 7.15. The number of nitrogens with zero attached hydrogens (tertiary/aromatic N) is 7. The lowest BCUT2D eigenvalue weighted by atomic mass is 9.87. The second-order valence-electron chi connectivity index (χ2n) is 9.06. The maximum Gasteiger partial charge on any atom is 0.219 e. The van der Waals surface area contributed by atoms with Crippen LogP contribution in [0.15, 0.2) is 49.1 Å². The Morgan fingerprint density at radius 3 is 2.47 bits per heavy atom. The summed E-state index contributed by atoms with van der Waals surface area (Å²) >= 11 is 0. The molecule has 32 heavy (non-hydrogen) atoms. The Hall–Kier alpha value is -3.75. The van der Waals surface area contributed by atoms with Crippen molar-refractivity contribution in [2.24, 2.45) is 0 Å². The molecule has 9 heteroatoms. The Kier molecular flexibility index (Phi) is 4.24. The van der Waals surface area contributed by atoms with Crippen LogP contribution in [0.5, 0.6) is 0 Å². The van der Waals surface area contributed by atoms with Crippen LogP contribution in [0.4, 0.5) is 11.8 Å². The molecule has 9 nitrogen and oxygen atoms in total. The van der Waals surface area contributed by atoms with Crippen LogP contribution in [-0.4, -0.2) is 48.0 Å². The molecule has 1 atom stereocenters. The number of benzene rings is 1. The predicted molar refractivity (Wildman–Crippen MR) is 121 cm³/mol. The number of aromatic amines is 1. The summed E-state index contributed by atoms with van der Waals surface area (Å²) in [6, 6.07) is 8.99. The van der Waals surface area contributed by atoms with Crippen molar-refractivity contribution >= 4 is 11.8 Å². The van der Waals surface area contributed by atoms with Crippen LogP contribution in [-0.2, 0) is 18.3 Å². The van der Waals surface area contributed by atoms with Crippen LogP contribution in [0.2, 0.25) is 0 Å². The zero-order valence-electron chi connectivity index (χ0n) is 17.9. The molecule has 1 fully saturated rings. The maximum absolute atomic E-state index is 5.73. The minimum absolute atomic E-state index is 0.0504. The van der Waals surface area contributed by atoms with Gasteiger partial charge in [0.25, 0.3) is 0 Å². The highest BCUT2D eigenvalue weighted by Crippen LogP contribution is 2.40. The topological polar surface area (TPSA) is 114 Å². The summed E-state index contributed by atoms with van der Waals surface area (Å²) in [5, 5.41) is 11.2. The van der Waals surface area contributed by atoms with Gasteiger partial charge in [0.1, 0.15) is 11.6 Å². The molecule has 0 saturated carbocycles. The molecule has 2 aliphatic rings. The Labute approximate surface area is 185 Å². The summed E-state index contributed by atoms with van der Waals surface area (Å²) in [6.45, 7) is 4.06. The molecular weight excluding hydrogens is 402 g/mol. The lowest BCUT2D eigenvalue weighted by molar-refractivity contribution is 0.506. The van der Waals surface area contributed by atoms with Crippen molar-refractivity contribution in [2.45, 2.75) is 37.6 Å². The standard InChI is InChI=1S/C23H25N9/c1-23(19-12-28-30-29-19)6-7-31(14-23)20-13-25-21(17-10-26-22(24)27-11-17)32(20)18-8-15-4-2-3-5-16(15)9-18/h2-5,10-13,18H,6-9,14H2,1H3,(H2,24,26,27)(H,28,29,30). The largest absolute Gasteiger partial charge is 0.368 e. The Morgan fingerprint density at radius 2 is 1.78 bits per heavy atom. The van der Waals surface area contributed by atoms with Crippen molar-refractivity contribution in [3.05, 3.63) is 65.9 Å². The van der Waals surface area contributed by atoms with E-state index in [0.29, 0.717) is 0 Å². The van der Waals surface area contributed by atoms with E-state index in [1.807, 2.05) is 12.4 Å². The van der Waals surface area contributed by atoms with E-state index in [1.165, 1.54) is 11.1 Å². The van der Waals surface area contributed by atoms with E-state index in [4.69, 9.17) is 10.7 Å². The third kappa shape index (κ3) is 3.04. The highest BCUT2D eigenvalue weighted by atomic mass is 15.3. The first-order valence-corrected chi connectivity index (χ1v) is 10.9. The Bertz CT molecular complexity index is 1220. The quantitative estimate of drug-likeness (QED) is 0.514. The summed E-state index contributed by atoms with van der Waals surface area (Å²) < 4.78 is 2.38. The normalized spacial score (nSPS) is 20.7. The van der Waals surface area contributed by atoms with Crippen molar-refractivity contribution in [3.8, 4) is 11.4 Å². The van der Waals surface area contributed by atoms with Gasteiger partial charge in [-0.3, -0.25) is 0 Å². The smallest absolute Gasteiger partial charge is 0.219 e. The summed E-state index contributed by atoms with van der Waals surface area (Å²) in [6.07, 6.45) is 10.3. The molecule has 1 saturated heterocycles. The minimum atomic E-state index is -0.0504. The van der Waals surface area contributed by atoms with Gasteiger partial charge in [-0.05, 0) is 30.4 Å². The molecule has 4 heterocycles. The van der Waals surface area contributed by atoms with Crippen LogP contribution < -0.4 is 10.6 Å². The average Bonchev–Trinajstić information content (AvgIpc) is 3.58. The van der Waals surface area contributed by atoms with Gasteiger partial charge < -0.3 is 15.2 Å². The predicted octanol–water partition coefficient (Wildman–Crippen LogP) is 2.55. The van der Waals surface area contributed by atoms with Gasteiger partial charge in [0, 0.05) is 36.9 Å². The molecule has 0 radical (unpaired) electrons. The number of imidazole rings is 1. The number of anilines is 2. The zero-order chi connectivity index (χ0) is 21.7. The first-order valence-electron chi connectivity index (χ1n) is 10.9. The number of nitrogens with two attached hydrogens (primary N) is 1. The minimum Gasteiger partial charge on any atom is -0.368 e. The van der Waals surface area contributed by atoms with E-state index < -0.39 is 0 Å². The van der Waals surface area contributed by atoms with E-state index in [2.05, 4.69) is 66.0 Å². The SMILES string of the molecule is CC1(c2cn[nH]n2)CCN(c2cnc(-c3cnc(N)nc3)n2C2Cc3ccccc3C2)C1. The fraction of sp³-hybridized carbons (Fsp3) is 0.348. The molecular formula is C23H25N9. The van der Waals surface area contributed by atoms with Gasteiger partial charge in [0.2, 0.25) is 5.95 Å². The van der Waals surface area contributed by atoms with Crippen LogP contribution in [0.3, 0.4) is 0 Å². The average molecular weight is 428 g/mol. The summed E-state index contributed by atoms with van der Waals surface area (Å²) in [4.78, 5) is 15.7. The summed E-state index contributed by atoms with van der Waals surface area (Å²) in [7, 11) is 0. The number of nitrogens with one attached hydrogen (secondary N) is 1. The van der Waals surface area contributed by atoms with E-state index in [-0.39, 0.29) is 17.4 Å². The highest BCUT2D eigenvalue weighted by Gasteiger charge is 2.39. The number of aromatic nitrogens is 7. The van der Waals surface area contributed by atoms with Crippen LogP contribution in [0, 0.1) is 0 Å². The first-order chi connectivity index (χ1) is 15.6. The van der Waals surface area contributed by atoms with Crippen LogP contribution in [0.25, 0.3) is 11.4 Å². The Morgan fingerprint density at radius 1 is 1.03 bits per heavy atom. The number of nitrogen functional groups attached to an aromatic ring is 1. The molecule has 1 aliphatic carbocycles. The molecule has 1 aliphatic heterocycles. The van der Waals surface area contributed by atoms with Crippen molar-refractivity contribution < 1.29 is 0 Å². The number of hydrogen-bond acceptors (Lipinski definition) is 7. The molecule has 0 amide bonds. The second-order valence-corrected chi connectivity index (χ2v) is 9.06. The molecule has 3 N–H and O–H groups in total. The molecule has 0 bridgehead atoms. The van der Waals surface area contributed by atoms with Gasteiger partial charge in [0.05, 0.1) is 23.7 Å². The van der Waals surface area contributed by atoms with Crippen molar-refractivity contribution in [2.75, 3.05) is 23.7 Å². The van der Waals surface area contributed by atoms with E-state index in [1.54, 1.807) is 12.4 Å². The third-order valence-corrected chi connectivity index (χ3v) is 6.93. The highest BCUT2D eigenvalue weighted by molar-refractivity contribution is 5.60. The fourth-order valence-electron chi connectivity index (χ4n) is 5.19. The monoisotopic (exact) mass is 427 g/mol. The Balaban J connectivity index is 1.40. The fourth-order valence-corrected chi connectivity index (χ4v) is 5.19. The van der Waals surface area contributed by atoms with Gasteiger partial charge in [-0.25, -0.2) is 15.0 Å². The maximum atomic E-state index is 5.73. The molecule has 4 aromatic rings. The van der Waals surface area contributed by atoms with E-state index in [0.717, 1.165) is 55.3 Å². The van der Waals surface area contributed by atoms with Crippen LogP contribution in [0.1, 0.15) is 36.2 Å². The molecule has 0 spiro atoms. The molecule has 6 rings (SSSR count). The van der Waals surface area contributed by atoms with E-state index >= 15 is 0 Å². The van der Waals surface area contributed by atoms with Gasteiger partial charge in [-0.1, -0.05) is 31.2 Å². The van der Waals surface area contributed by atoms with Crippen LogP contribution >= 0.6 is 0 Å². The lowest BCUT2D eigenvalue weighted by Gasteiger charge is -2.27. The molecule has 162 valence electrons. The van der Waals surface area contributed by atoms with Gasteiger partial charge in [-0.15, -0.1) is 0 Å². The van der Waals surface area contributed by atoms with Crippen molar-refractivity contribution in [1.29, 1.82) is 0 Å². The lowest BCUT2D eigenvalue weighted by Crippen LogP contribution is -2.30. The zero-order valence-corrected chi connectivity index (χ0v) is 17.9. The van der Waals surface area contributed by atoms with E-state index in [9.17, 15) is 0 Å². The molecule has 3 aromatic heterocycles. The molecule has 1 unspecified atom stereocenters. The number of rotatable bonds is 4. The van der Waals surface area contributed by atoms with Gasteiger partial charge in [0.15, 0.2) is 0 Å². The van der Waals surface area contributed by atoms with Crippen molar-refractivity contribution in [3.63, 3.8) is 0 Å².